The number of nitrogens with zero attached hydrogens (tertiary/aromatic N) is 3. The standard InChI is InChI=1S/C20H30FN3O3/c1-16(26)24-11-10-22(12-17(13-24)14-25)15-20(27)6-8-23(9-7-20)19-4-2-18(21)3-5-19/h2-5,17,25,27H,6-15H2,1H3/t17-/m1/s1. The van der Waals surface area contributed by atoms with Gasteiger partial charge in [0, 0.05) is 70.9 Å². The van der Waals surface area contributed by atoms with Gasteiger partial charge in [-0.2, -0.15) is 0 Å². The molecule has 1 amide bonds. The Morgan fingerprint density at radius 1 is 1.15 bits per heavy atom. The zero-order valence-corrected chi connectivity index (χ0v) is 16.0. The van der Waals surface area contributed by atoms with Crippen LogP contribution in [0.4, 0.5) is 10.1 Å². The van der Waals surface area contributed by atoms with Crippen molar-refractivity contribution < 1.29 is 19.4 Å². The molecule has 0 aromatic heterocycles. The van der Waals surface area contributed by atoms with Crippen LogP contribution in [0.15, 0.2) is 24.3 Å². The third-order valence-electron chi connectivity index (χ3n) is 5.79. The van der Waals surface area contributed by atoms with E-state index in [1.807, 2.05) is 0 Å². The van der Waals surface area contributed by atoms with Crippen molar-refractivity contribution in [3.05, 3.63) is 30.1 Å². The molecule has 7 heteroatoms. The van der Waals surface area contributed by atoms with E-state index in [1.165, 1.54) is 12.1 Å². The lowest BCUT2D eigenvalue weighted by molar-refractivity contribution is -0.129. The first-order valence-electron chi connectivity index (χ1n) is 9.70. The highest BCUT2D eigenvalue weighted by atomic mass is 19.1. The van der Waals surface area contributed by atoms with Gasteiger partial charge in [-0.25, -0.2) is 4.39 Å². The molecule has 0 spiro atoms. The summed E-state index contributed by atoms with van der Waals surface area (Å²) in [5.41, 5.74) is 0.202. The number of aliphatic hydroxyl groups excluding tert-OH is 1. The van der Waals surface area contributed by atoms with Crippen LogP contribution in [0.25, 0.3) is 0 Å². The number of rotatable bonds is 4. The molecule has 0 radical (unpaired) electrons. The number of aliphatic hydroxyl groups is 2. The number of β-amino-alcohol motifs (C(OH)–C–C–N with tert-alkyl or cyclic N) is 1. The highest BCUT2D eigenvalue weighted by molar-refractivity contribution is 5.73. The predicted molar refractivity (Wildman–Crippen MR) is 102 cm³/mol. The molecule has 2 aliphatic rings. The van der Waals surface area contributed by atoms with Gasteiger partial charge in [0.05, 0.1) is 5.60 Å². The molecule has 0 aliphatic carbocycles. The molecule has 2 N–H and O–H groups in total. The number of hydrogen-bond donors (Lipinski definition) is 2. The molecular formula is C20H30FN3O3. The minimum Gasteiger partial charge on any atom is -0.396 e. The minimum absolute atomic E-state index is 0.0132. The average molecular weight is 379 g/mol. The van der Waals surface area contributed by atoms with Crippen LogP contribution >= 0.6 is 0 Å². The fourth-order valence-corrected chi connectivity index (χ4v) is 4.13. The fourth-order valence-electron chi connectivity index (χ4n) is 4.13. The highest BCUT2D eigenvalue weighted by Crippen LogP contribution is 2.28. The van der Waals surface area contributed by atoms with E-state index in [0.29, 0.717) is 45.6 Å². The molecule has 1 atom stereocenters. The minimum atomic E-state index is -0.776. The lowest BCUT2D eigenvalue weighted by atomic mass is 9.90. The summed E-state index contributed by atoms with van der Waals surface area (Å²) < 4.78 is 13.1. The summed E-state index contributed by atoms with van der Waals surface area (Å²) in [5, 5.41) is 20.7. The molecule has 2 fully saturated rings. The van der Waals surface area contributed by atoms with Gasteiger partial charge in [-0.3, -0.25) is 9.69 Å². The quantitative estimate of drug-likeness (QED) is 0.815. The van der Waals surface area contributed by atoms with Crippen LogP contribution in [-0.4, -0.2) is 83.9 Å². The molecule has 6 nitrogen and oxygen atoms in total. The molecule has 0 bridgehead atoms. The van der Waals surface area contributed by atoms with E-state index >= 15 is 0 Å². The topological polar surface area (TPSA) is 67.2 Å². The van der Waals surface area contributed by atoms with Crippen molar-refractivity contribution in [2.24, 2.45) is 5.92 Å². The summed E-state index contributed by atoms with van der Waals surface area (Å²) in [5.74, 6) is -0.201. The van der Waals surface area contributed by atoms with Gasteiger partial charge in [-0.1, -0.05) is 0 Å². The van der Waals surface area contributed by atoms with Crippen LogP contribution < -0.4 is 4.90 Å². The van der Waals surface area contributed by atoms with Crippen molar-refractivity contribution >= 4 is 11.6 Å². The smallest absolute Gasteiger partial charge is 0.219 e. The normalized spacial score (nSPS) is 23.9. The summed E-state index contributed by atoms with van der Waals surface area (Å²) in [6.45, 7) is 6.18. The van der Waals surface area contributed by atoms with Gasteiger partial charge in [0.25, 0.3) is 0 Å². The van der Waals surface area contributed by atoms with Crippen LogP contribution in [0.1, 0.15) is 19.8 Å². The van der Waals surface area contributed by atoms with E-state index in [0.717, 1.165) is 18.8 Å². The van der Waals surface area contributed by atoms with Gasteiger partial charge in [-0.15, -0.1) is 0 Å². The maximum absolute atomic E-state index is 13.1. The van der Waals surface area contributed by atoms with Crippen LogP contribution in [0.3, 0.4) is 0 Å². The van der Waals surface area contributed by atoms with Gasteiger partial charge in [0.15, 0.2) is 0 Å². The molecule has 1 aromatic rings. The molecule has 27 heavy (non-hydrogen) atoms. The average Bonchev–Trinajstić information content (AvgIpc) is 2.85. The van der Waals surface area contributed by atoms with Crippen LogP contribution in [-0.2, 0) is 4.79 Å². The second-order valence-corrected chi connectivity index (χ2v) is 7.94. The summed E-state index contributed by atoms with van der Waals surface area (Å²) >= 11 is 0. The third kappa shape index (κ3) is 5.18. The van der Waals surface area contributed by atoms with Gasteiger partial charge < -0.3 is 20.0 Å². The number of benzene rings is 1. The SMILES string of the molecule is CC(=O)N1CCN(CC2(O)CCN(c3ccc(F)cc3)CC2)C[C@@H](CO)C1. The van der Waals surface area contributed by atoms with Crippen LogP contribution in [0.2, 0.25) is 0 Å². The number of amides is 1. The molecular weight excluding hydrogens is 349 g/mol. The number of piperidine rings is 1. The van der Waals surface area contributed by atoms with Crippen molar-refractivity contribution in [2.45, 2.75) is 25.4 Å². The van der Waals surface area contributed by atoms with Gasteiger partial charge in [-0.05, 0) is 37.1 Å². The van der Waals surface area contributed by atoms with E-state index in [2.05, 4.69) is 9.80 Å². The molecule has 150 valence electrons. The monoisotopic (exact) mass is 379 g/mol. The first-order valence-corrected chi connectivity index (χ1v) is 9.70. The number of hydrogen-bond acceptors (Lipinski definition) is 5. The Labute approximate surface area is 160 Å². The molecule has 2 saturated heterocycles. The van der Waals surface area contributed by atoms with Crippen molar-refractivity contribution in [1.82, 2.24) is 9.80 Å². The lowest BCUT2D eigenvalue weighted by Gasteiger charge is -2.42. The molecule has 2 heterocycles. The van der Waals surface area contributed by atoms with Crippen molar-refractivity contribution in [1.29, 1.82) is 0 Å². The Morgan fingerprint density at radius 3 is 2.41 bits per heavy atom. The van der Waals surface area contributed by atoms with Crippen LogP contribution in [0, 0.1) is 11.7 Å². The zero-order valence-electron chi connectivity index (χ0n) is 16.0. The van der Waals surface area contributed by atoms with Gasteiger partial charge in [0.2, 0.25) is 5.91 Å². The predicted octanol–water partition coefficient (Wildman–Crippen LogP) is 0.930. The Hall–Kier alpha value is -1.70. The van der Waals surface area contributed by atoms with Crippen molar-refractivity contribution in [3.63, 3.8) is 0 Å². The van der Waals surface area contributed by atoms with E-state index in [4.69, 9.17) is 0 Å². The second kappa shape index (κ2) is 8.54. The summed E-state index contributed by atoms with van der Waals surface area (Å²) in [7, 11) is 0. The Kier molecular flexibility index (Phi) is 6.34. The number of halogens is 1. The summed E-state index contributed by atoms with van der Waals surface area (Å²) in [6, 6.07) is 6.47. The Balaban J connectivity index is 1.57. The zero-order chi connectivity index (χ0) is 19.4. The van der Waals surface area contributed by atoms with Gasteiger partial charge in [0.1, 0.15) is 5.82 Å². The Morgan fingerprint density at radius 2 is 1.81 bits per heavy atom. The maximum Gasteiger partial charge on any atom is 0.219 e. The van der Waals surface area contributed by atoms with Gasteiger partial charge >= 0.3 is 0 Å². The first kappa shape index (κ1) is 20.0. The lowest BCUT2D eigenvalue weighted by Crippen LogP contribution is -2.52. The van der Waals surface area contributed by atoms with Crippen LogP contribution in [0.5, 0.6) is 0 Å². The van der Waals surface area contributed by atoms with E-state index in [9.17, 15) is 19.4 Å². The molecule has 0 unspecified atom stereocenters. The molecule has 3 rings (SSSR count). The fraction of sp³-hybridized carbons (Fsp3) is 0.650. The van der Waals surface area contributed by atoms with E-state index < -0.39 is 5.60 Å². The molecule has 1 aromatic carbocycles. The van der Waals surface area contributed by atoms with Crippen molar-refractivity contribution in [2.75, 3.05) is 57.3 Å². The number of anilines is 1. The third-order valence-corrected chi connectivity index (χ3v) is 5.79. The first-order chi connectivity index (χ1) is 12.9. The highest BCUT2D eigenvalue weighted by Gasteiger charge is 2.35. The summed E-state index contributed by atoms with van der Waals surface area (Å²) in [6.07, 6.45) is 1.28. The summed E-state index contributed by atoms with van der Waals surface area (Å²) in [4.78, 5) is 17.8. The Bertz CT molecular complexity index is 632. The second-order valence-electron chi connectivity index (χ2n) is 7.94. The van der Waals surface area contributed by atoms with Crippen molar-refractivity contribution in [3.8, 4) is 0 Å². The molecule has 0 saturated carbocycles. The largest absolute Gasteiger partial charge is 0.396 e. The number of carbonyl (C=O) groups is 1. The number of carbonyl (C=O) groups excluding carboxylic acids is 1. The molecule has 2 aliphatic heterocycles. The van der Waals surface area contributed by atoms with E-state index in [1.54, 1.807) is 24.0 Å². The van der Waals surface area contributed by atoms with E-state index in [-0.39, 0.29) is 24.2 Å². The maximum atomic E-state index is 13.1.